The van der Waals surface area contributed by atoms with Gasteiger partial charge in [0.05, 0.1) is 17.6 Å². The molecule has 1 heterocycles. The van der Waals surface area contributed by atoms with Crippen LogP contribution in [-0.4, -0.2) is 21.3 Å². The van der Waals surface area contributed by atoms with Gasteiger partial charge < -0.3 is 4.74 Å². The molecule has 1 aliphatic rings. The number of rotatable bonds is 7. The third kappa shape index (κ3) is 3.69. The molecule has 1 aromatic rings. The van der Waals surface area contributed by atoms with Crippen molar-refractivity contribution >= 4 is 16.4 Å². The maximum atomic E-state index is 11.5. The maximum absolute atomic E-state index is 11.5. The van der Waals surface area contributed by atoms with Gasteiger partial charge in [-0.15, -0.1) is 0 Å². The summed E-state index contributed by atoms with van der Waals surface area (Å²) in [4.78, 5) is 0. The van der Waals surface area contributed by atoms with Crippen molar-refractivity contribution in [1.29, 1.82) is 0 Å². The van der Waals surface area contributed by atoms with Gasteiger partial charge in [0, 0.05) is 16.6 Å². The fourth-order valence-electron chi connectivity index (χ4n) is 2.27. The van der Waals surface area contributed by atoms with Crippen molar-refractivity contribution in [2.45, 2.75) is 37.9 Å². The highest BCUT2D eigenvalue weighted by molar-refractivity contribution is 7.94. The Balaban J connectivity index is 1.71. The number of hydrogen-bond donors (Lipinski definition) is 0. The van der Waals surface area contributed by atoms with E-state index in [2.05, 4.69) is 26.0 Å². The lowest BCUT2D eigenvalue weighted by Gasteiger charge is -2.09. The van der Waals surface area contributed by atoms with Crippen molar-refractivity contribution < 1.29 is 8.95 Å². The predicted octanol–water partition coefficient (Wildman–Crippen LogP) is 3.76. The topological polar surface area (TPSA) is 26.3 Å². The van der Waals surface area contributed by atoms with Gasteiger partial charge in [0.1, 0.15) is 0 Å². The highest BCUT2D eigenvalue weighted by Crippen LogP contribution is 2.39. The van der Waals surface area contributed by atoms with Gasteiger partial charge in [-0.1, -0.05) is 37.3 Å². The Hall–Kier alpha value is -1.09. The van der Waals surface area contributed by atoms with Gasteiger partial charge in [-0.05, 0) is 37.3 Å². The third-order valence-electron chi connectivity index (χ3n) is 3.82. The molecule has 0 radical (unpaired) electrons. The first-order chi connectivity index (χ1) is 9.18. The molecular weight excluding hydrogens is 256 g/mol. The van der Waals surface area contributed by atoms with E-state index in [1.165, 1.54) is 5.56 Å². The van der Waals surface area contributed by atoms with Crippen LogP contribution in [0.3, 0.4) is 0 Å². The first-order valence-electron chi connectivity index (χ1n) is 6.90. The molecule has 0 bridgehead atoms. The minimum absolute atomic E-state index is 0.127. The van der Waals surface area contributed by atoms with Crippen molar-refractivity contribution in [2.24, 2.45) is 0 Å². The molecule has 2 atom stereocenters. The van der Waals surface area contributed by atoms with Gasteiger partial charge in [0.25, 0.3) is 0 Å². The molecule has 0 saturated carbocycles. The van der Waals surface area contributed by atoms with Gasteiger partial charge in [-0.2, -0.15) is 0 Å². The third-order valence-corrected chi connectivity index (χ3v) is 5.89. The molecule has 1 fully saturated rings. The lowest BCUT2D eigenvalue weighted by molar-refractivity contribution is 0.240. The SMILES string of the molecule is CCC1(CCCO/C=C(/C)c2ccccc2)CS1=O. The van der Waals surface area contributed by atoms with E-state index in [-0.39, 0.29) is 4.75 Å². The molecule has 0 amide bonds. The Bertz CT molecular complexity index is 467. The second kappa shape index (κ2) is 6.38. The van der Waals surface area contributed by atoms with Crippen LogP contribution in [0.15, 0.2) is 36.6 Å². The summed E-state index contributed by atoms with van der Waals surface area (Å²) in [5.41, 5.74) is 2.33. The number of benzene rings is 1. The molecule has 0 N–H and O–H groups in total. The van der Waals surface area contributed by atoms with Crippen LogP contribution >= 0.6 is 0 Å². The fourth-order valence-corrected chi connectivity index (χ4v) is 3.87. The summed E-state index contributed by atoms with van der Waals surface area (Å²) in [6, 6.07) is 10.2. The first kappa shape index (κ1) is 14.3. The van der Waals surface area contributed by atoms with E-state index in [9.17, 15) is 4.21 Å². The van der Waals surface area contributed by atoms with E-state index in [1.807, 2.05) is 24.5 Å². The van der Waals surface area contributed by atoms with Gasteiger partial charge in [-0.25, -0.2) is 0 Å². The largest absolute Gasteiger partial charge is 0.501 e. The summed E-state index contributed by atoms with van der Waals surface area (Å²) in [6.45, 7) is 4.90. The molecular formula is C16H22O2S. The van der Waals surface area contributed by atoms with Crippen molar-refractivity contribution in [2.75, 3.05) is 12.4 Å². The molecule has 0 spiro atoms. The van der Waals surface area contributed by atoms with Crippen LogP contribution in [-0.2, 0) is 15.5 Å². The zero-order valence-electron chi connectivity index (χ0n) is 11.7. The second-order valence-electron chi connectivity index (χ2n) is 5.17. The van der Waals surface area contributed by atoms with E-state index in [1.54, 1.807) is 0 Å². The summed E-state index contributed by atoms with van der Waals surface area (Å²) in [5.74, 6) is 0.891. The zero-order chi connectivity index (χ0) is 13.7. The van der Waals surface area contributed by atoms with E-state index in [0.29, 0.717) is 6.61 Å². The number of ether oxygens (including phenoxy) is 1. The number of allylic oxidation sites excluding steroid dienone is 1. The van der Waals surface area contributed by atoms with Crippen LogP contribution in [0.1, 0.15) is 38.7 Å². The molecule has 0 aliphatic carbocycles. The summed E-state index contributed by atoms with van der Waals surface area (Å²) >= 11 is 0. The monoisotopic (exact) mass is 278 g/mol. The molecule has 2 unspecified atom stereocenters. The lowest BCUT2D eigenvalue weighted by atomic mass is 10.0. The number of hydrogen-bond acceptors (Lipinski definition) is 2. The Labute approximate surface area is 118 Å². The molecule has 0 aromatic heterocycles. The lowest BCUT2D eigenvalue weighted by Crippen LogP contribution is -2.10. The molecule has 104 valence electrons. The molecule has 19 heavy (non-hydrogen) atoms. The fraction of sp³-hybridized carbons (Fsp3) is 0.500. The van der Waals surface area contributed by atoms with E-state index >= 15 is 0 Å². The summed E-state index contributed by atoms with van der Waals surface area (Å²) in [7, 11) is -0.572. The van der Waals surface area contributed by atoms with Crippen molar-refractivity contribution in [3.63, 3.8) is 0 Å². The van der Waals surface area contributed by atoms with Gasteiger partial charge in [0.15, 0.2) is 0 Å². The van der Waals surface area contributed by atoms with Crippen LogP contribution in [0.4, 0.5) is 0 Å². The second-order valence-corrected chi connectivity index (χ2v) is 7.01. The quantitative estimate of drug-likeness (QED) is 0.431. The Kier molecular flexibility index (Phi) is 4.81. The van der Waals surface area contributed by atoms with Crippen molar-refractivity contribution in [3.8, 4) is 0 Å². The standard InChI is InChI=1S/C16H22O2S/c1-3-16(13-19(16)17)10-7-11-18-12-14(2)15-8-5-4-6-9-15/h4-6,8-9,12H,3,7,10-11,13H2,1-2H3/b14-12-. The van der Waals surface area contributed by atoms with Crippen LogP contribution in [0.5, 0.6) is 0 Å². The summed E-state index contributed by atoms with van der Waals surface area (Å²) < 4.78 is 17.2. The minimum Gasteiger partial charge on any atom is -0.501 e. The van der Waals surface area contributed by atoms with Crippen LogP contribution < -0.4 is 0 Å². The highest BCUT2D eigenvalue weighted by atomic mass is 32.2. The summed E-state index contributed by atoms with van der Waals surface area (Å²) in [6.07, 6.45) is 4.86. The Morgan fingerprint density at radius 3 is 2.68 bits per heavy atom. The van der Waals surface area contributed by atoms with E-state index in [0.717, 1.165) is 30.6 Å². The Morgan fingerprint density at radius 2 is 2.11 bits per heavy atom. The predicted molar refractivity (Wildman–Crippen MR) is 81.3 cm³/mol. The van der Waals surface area contributed by atoms with Crippen LogP contribution in [0.25, 0.3) is 5.57 Å². The highest BCUT2D eigenvalue weighted by Gasteiger charge is 2.49. The maximum Gasteiger partial charge on any atom is 0.0874 e. The average molecular weight is 278 g/mol. The molecule has 1 aromatic carbocycles. The van der Waals surface area contributed by atoms with Crippen molar-refractivity contribution in [1.82, 2.24) is 0 Å². The molecule has 1 aliphatic heterocycles. The van der Waals surface area contributed by atoms with E-state index in [4.69, 9.17) is 4.74 Å². The van der Waals surface area contributed by atoms with E-state index < -0.39 is 10.8 Å². The first-order valence-corrected chi connectivity index (χ1v) is 8.22. The average Bonchev–Trinajstić information content (AvgIpc) is 3.10. The normalized spacial score (nSPS) is 26.2. The smallest absolute Gasteiger partial charge is 0.0874 e. The summed E-state index contributed by atoms with van der Waals surface area (Å²) in [5, 5.41) is 0. The van der Waals surface area contributed by atoms with Crippen LogP contribution in [0, 0.1) is 0 Å². The van der Waals surface area contributed by atoms with Gasteiger partial charge in [-0.3, -0.25) is 4.21 Å². The van der Waals surface area contributed by atoms with Crippen molar-refractivity contribution in [3.05, 3.63) is 42.2 Å². The van der Waals surface area contributed by atoms with Gasteiger partial charge >= 0.3 is 0 Å². The Morgan fingerprint density at radius 1 is 1.42 bits per heavy atom. The molecule has 1 saturated heterocycles. The molecule has 2 nitrogen and oxygen atoms in total. The molecule has 3 heteroatoms. The zero-order valence-corrected chi connectivity index (χ0v) is 12.5. The van der Waals surface area contributed by atoms with Crippen LogP contribution in [0.2, 0.25) is 0 Å². The van der Waals surface area contributed by atoms with Gasteiger partial charge in [0.2, 0.25) is 0 Å². The minimum atomic E-state index is -0.572. The molecule has 2 rings (SSSR count).